The number of aryl methyl sites for hydroxylation is 2. The van der Waals surface area contributed by atoms with Crippen LogP contribution in [0.15, 0.2) is 5.38 Å². The van der Waals surface area contributed by atoms with E-state index in [0.29, 0.717) is 6.04 Å². The van der Waals surface area contributed by atoms with Crippen molar-refractivity contribution in [1.82, 2.24) is 14.7 Å². The first kappa shape index (κ1) is 12.6. The molecule has 1 aliphatic rings. The van der Waals surface area contributed by atoms with E-state index in [2.05, 4.69) is 40.0 Å². The fourth-order valence-electron chi connectivity index (χ4n) is 2.96. The largest absolute Gasteiger partial charge is 0.307 e. The summed E-state index contributed by atoms with van der Waals surface area (Å²) in [4.78, 5) is 5.66. The Morgan fingerprint density at radius 3 is 3.16 bits per heavy atom. The van der Waals surface area contributed by atoms with E-state index >= 15 is 0 Å². The van der Waals surface area contributed by atoms with Crippen molar-refractivity contribution < 1.29 is 0 Å². The smallest absolute Gasteiger partial charge is 0.194 e. The number of nitrogens with zero attached hydrogens (tertiary/aromatic N) is 3. The first-order valence-electron chi connectivity index (χ1n) is 6.75. The topological polar surface area (TPSA) is 53.1 Å². The third-order valence-corrected chi connectivity index (χ3v) is 4.99. The first-order valence-corrected chi connectivity index (χ1v) is 7.63. The van der Waals surface area contributed by atoms with E-state index in [-0.39, 0.29) is 5.92 Å². The van der Waals surface area contributed by atoms with Gasteiger partial charge in [0, 0.05) is 23.7 Å². The Bertz CT molecular complexity index is 634. The number of hydrogen-bond donors (Lipinski definition) is 1. The molecule has 0 bridgehead atoms. The number of nitriles is 1. The number of nitrogens with one attached hydrogen (secondary N) is 1. The third kappa shape index (κ3) is 2.15. The van der Waals surface area contributed by atoms with Crippen LogP contribution < -0.4 is 5.32 Å². The van der Waals surface area contributed by atoms with Gasteiger partial charge in [0.15, 0.2) is 4.96 Å². The van der Waals surface area contributed by atoms with Crippen molar-refractivity contribution in [3.8, 4) is 6.07 Å². The highest BCUT2D eigenvalue weighted by molar-refractivity contribution is 7.15. The molecule has 19 heavy (non-hydrogen) atoms. The van der Waals surface area contributed by atoms with Crippen molar-refractivity contribution in [3.05, 3.63) is 22.5 Å². The molecule has 2 heterocycles. The molecule has 2 atom stereocenters. The summed E-state index contributed by atoms with van der Waals surface area (Å²) in [5.41, 5.74) is 3.56. The molecular formula is C14H18N4S. The monoisotopic (exact) mass is 274 g/mol. The SMILES string of the molecule is Cc1nc2scc(C)n2c1CNC1CCCC1C#N. The second-order valence-electron chi connectivity index (χ2n) is 5.29. The Balaban J connectivity index is 1.80. The maximum atomic E-state index is 9.13. The van der Waals surface area contributed by atoms with Crippen molar-refractivity contribution in [2.24, 2.45) is 5.92 Å². The summed E-state index contributed by atoms with van der Waals surface area (Å²) in [5.74, 6) is 0.173. The van der Waals surface area contributed by atoms with E-state index in [9.17, 15) is 0 Å². The minimum atomic E-state index is 0.173. The molecule has 5 heteroatoms. The number of fused-ring (bicyclic) bond motifs is 1. The molecule has 0 aromatic carbocycles. The van der Waals surface area contributed by atoms with Crippen LogP contribution >= 0.6 is 11.3 Å². The van der Waals surface area contributed by atoms with Gasteiger partial charge in [0.05, 0.1) is 23.4 Å². The summed E-state index contributed by atoms with van der Waals surface area (Å²) in [6.07, 6.45) is 3.31. The molecule has 1 saturated carbocycles. The Hall–Kier alpha value is -1.38. The summed E-state index contributed by atoms with van der Waals surface area (Å²) in [5, 5.41) is 14.8. The zero-order chi connectivity index (χ0) is 13.4. The molecule has 0 aliphatic heterocycles. The molecule has 1 N–H and O–H groups in total. The third-order valence-electron chi connectivity index (χ3n) is 4.04. The number of imidazole rings is 1. The van der Waals surface area contributed by atoms with Crippen LogP contribution in [0, 0.1) is 31.1 Å². The van der Waals surface area contributed by atoms with Gasteiger partial charge in [0.2, 0.25) is 0 Å². The summed E-state index contributed by atoms with van der Waals surface area (Å²) in [6.45, 7) is 4.97. The van der Waals surface area contributed by atoms with E-state index < -0.39 is 0 Å². The minimum Gasteiger partial charge on any atom is -0.307 e. The number of hydrogen-bond acceptors (Lipinski definition) is 4. The second-order valence-corrected chi connectivity index (χ2v) is 6.13. The van der Waals surface area contributed by atoms with Gasteiger partial charge in [-0.25, -0.2) is 4.98 Å². The van der Waals surface area contributed by atoms with E-state index in [1.54, 1.807) is 11.3 Å². The van der Waals surface area contributed by atoms with Gasteiger partial charge in [-0.15, -0.1) is 11.3 Å². The van der Waals surface area contributed by atoms with Gasteiger partial charge in [-0.1, -0.05) is 6.42 Å². The van der Waals surface area contributed by atoms with E-state index in [1.807, 2.05) is 0 Å². The van der Waals surface area contributed by atoms with Crippen molar-refractivity contribution in [2.45, 2.75) is 45.7 Å². The lowest BCUT2D eigenvalue weighted by Gasteiger charge is -2.15. The molecule has 1 fully saturated rings. The molecule has 2 unspecified atom stereocenters. The molecule has 2 aromatic rings. The highest BCUT2D eigenvalue weighted by Crippen LogP contribution is 2.26. The van der Waals surface area contributed by atoms with E-state index in [1.165, 1.54) is 11.4 Å². The Labute approximate surface area is 117 Å². The average Bonchev–Trinajstić information content (AvgIpc) is 3.05. The van der Waals surface area contributed by atoms with Crippen LogP contribution in [-0.4, -0.2) is 15.4 Å². The van der Waals surface area contributed by atoms with Crippen LogP contribution in [0.3, 0.4) is 0 Å². The predicted octanol–water partition coefficient (Wildman–Crippen LogP) is 2.79. The van der Waals surface area contributed by atoms with Gasteiger partial charge in [-0.2, -0.15) is 5.26 Å². The maximum absolute atomic E-state index is 9.13. The molecule has 100 valence electrons. The van der Waals surface area contributed by atoms with Crippen molar-refractivity contribution >= 4 is 16.3 Å². The number of rotatable bonds is 3. The first-order chi connectivity index (χ1) is 9.20. The van der Waals surface area contributed by atoms with Crippen LogP contribution in [-0.2, 0) is 6.54 Å². The lowest BCUT2D eigenvalue weighted by Crippen LogP contribution is -2.31. The molecule has 0 saturated heterocycles. The minimum absolute atomic E-state index is 0.173. The van der Waals surface area contributed by atoms with Crippen LogP contribution in [0.5, 0.6) is 0 Å². The fraction of sp³-hybridized carbons (Fsp3) is 0.571. The van der Waals surface area contributed by atoms with Crippen molar-refractivity contribution in [3.63, 3.8) is 0 Å². The molecule has 3 rings (SSSR count). The summed E-state index contributed by atoms with van der Waals surface area (Å²) < 4.78 is 2.23. The standard InChI is InChI=1S/C14H18N4S/c1-9-8-19-14-17-10(2)13(18(9)14)7-16-12-5-3-4-11(12)6-15/h8,11-12,16H,3-5,7H2,1-2H3. The van der Waals surface area contributed by atoms with Gasteiger partial charge in [0.1, 0.15) is 0 Å². The molecular weight excluding hydrogens is 256 g/mol. The zero-order valence-electron chi connectivity index (χ0n) is 11.3. The van der Waals surface area contributed by atoms with Crippen LogP contribution in [0.25, 0.3) is 4.96 Å². The molecule has 4 nitrogen and oxygen atoms in total. The molecule has 2 aromatic heterocycles. The fourth-order valence-corrected chi connectivity index (χ4v) is 3.89. The van der Waals surface area contributed by atoms with Crippen molar-refractivity contribution in [1.29, 1.82) is 5.26 Å². The number of aromatic nitrogens is 2. The summed E-state index contributed by atoms with van der Waals surface area (Å²) >= 11 is 1.68. The summed E-state index contributed by atoms with van der Waals surface area (Å²) in [6, 6.07) is 2.76. The van der Waals surface area contributed by atoms with Gasteiger partial charge in [-0.3, -0.25) is 4.40 Å². The quantitative estimate of drug-likeness (QED) is 0.936. The van der Waals surface area contributed by atoms with Gasteiger partial charge >= 0.3 is 0 Å². The number of thiazole rings is 1. The molecule has 1 aliphatic carbocycles. The molecule has 0 radical (unpaired) electrons. The molecule has 0 spiro atoms. The average molecular weight is 274 g/mol. The molecule has 0 amide bonds. The Morgan fingerprint density at radius 2 is 2.37 bits per heavy atom. The maximum Gasteiger partial charge on any atom is 0.194 e. The highest BCUT2D eigenvalue weighted by Gasteiger charge is 2.27. The van der Waals surface area contributed by atoms with Gasteiger partial charge in [0.25, 0.3) is 0 Å². The Kier molecular flexibility index (Phi) is 3.29. The van der Waals surface area contributed by atoms with Gasteiger partial charge < -0.3 is 5.32 Å². The summed E-state index contributed by atoms with van der Waals surface area (Å²) in [7, 11) is 0. The van der Waals surface area contributed by atoms with Crippen LogP contribution in [0.1, 0.15) is 36.3 Å². The van der Waals surface area contributed by atoms with E-state index in [0.717, 1.165) is 36.5 Å². The Morgan fingerprint density at radius 1 is 1.53 bits per heavy atom. The second kappa shape index (κ2) is 4.95. The van der Waals surface area contributed by atoms with Crippen molar-refractivity contribution in [2.75, 3.05) is 0 Å². The van der Waals surface area contributed by atoms with Crippen LogP contribution in [0.2, 0.25) is 0 Å². The lowest BCUT2D eigenvalue weighted by molar-refractivity contribution is 0.460. The highest BCUT2D eigenvalue weighted by atomic mass is 32.1. The van der Waals surface area contributed by atoms with Gasteiger partial charge in [-0.05, 0) is 26.7 Å². The lowest BCUT2D eigenvalue weighted by atomic mass is 10.1. The predicted molar refractivity (Wildman–Crippen MR) is 76.1 cm³/mol. The normalized spacial score (nSPS) is 23.0. The van der Waals surface area contributed by atoms with E-state index in [4.69, 9.17) is 5.26 Å². The zero-order valence-corrected chi connectivity index (χ0v) is 12.1. The van der Waals surface area contributed by atoms with Crippen LogP contribution in [0.4, 0.5) is 0 Å².